The maximum atomic E-state index is 13.0. The SMILES string of the molecule is CCCN(CC(=O)Nc1ccc(Cl)cc1Cl)C(=O)c1ccc(OCC2CCCO2)cc1. The van der Waals surface area contributed by atoms with Gasteiger partial charge in [0.2, 0.25) is 5.91 Å². The van der Waals surface area contributed by atoms with Crippen LogP contribution in [0, 0.1) is 0 Å². The van der Waals surface area contributed by atoms with E-state index in [1.54, 1.807) is 42.5 Å². The molecule has 0 aromatic heterocycles. The molecule has 1 unspecified atom stereocenters. The van der Waals surface area contributed by atoms with Crippen LogP contribution in [0.3, 0.4) is 0 Å². The summed E-state index contributed by atoms with van der Waals surface area (Å²) >= 11 is 12.0. The van der Waals surface area contributed by atoms with Gasteiger partial charge in [-0.15, -0.1) is 0 Å². The zero-order valence-electron chi connectivity index (χ0n) is 17.4. The number of benzene rings is 2. The highest BCUT2D eigenvalue weighted by Crippen LogP contribution is 2.25. The fraction of sp³-hybridized carbons (Fsp3) is 0.391. The second-order valence-corrected chi connectivity index (χ2v) is 8.21. The Balaban J connectivity index is 1.59. The van der Waals surface area contributed by atoms with Crippen LogP contribution in [-0.2, 0) is 9.53 Å². The average Bonchev–Trinajstić information content (AvgIpc) is 3.27. The summed E-state index contributed by atoms with van der Waals surface area (Å²) in [5, 5.41) is 3.55. The van der Waals surface area contributed by atoms with Gasteiger partial charge in [-0.1, -0.05) is 30.1 Å². The van der Waals surface area contributed by atoms with Crippen LogP contribution in [0.2, 0.25) is 10.0 Å². The van der Waals surface area contributed by atoms with Gasteiger partial charge < -0.3 is 19.7 Å². The van der Waals surface area contributed by atoms with Crippen molar-refractivity contribution in [2.45, 2.75) is 32.3 Å². The third-order valence-corrected chi connectivity index (χ3v) is 5.43. The lowest BCUT2D eigenvalue weighted by Crippen LogP contribution is -2.38. The van der Waals surface area contributed by atoms with Gasteiger partial charge in [0.05, 0.1) is 16.8 Å². The molecule has 166 valence electrons. The molecule has 6 nitrogen and oxygen atoms in total. The molecule has 2 aromatic carbocycles. The summed E-state index contributed by atoms with van der Waals surface area (Å²) in [5.74, 6) is 0.136. The van der Waals surface area contributed by atoms with E-state index in [2.05, 4.69) is 5.32 Å². The first-order valence-corrected chi connectivity index (χ1v) is 11.1. The van der Waals surface area contributed by atoms with Crippen LogP contribution in [0.25, 0.3) is 0 Å². The smallest absolute Gasteiger partial charge is 0.254 e. The Labute approximate surface area is 192 Å². The lowest BCUT2D eigenvalue weighted by molar-refractivity contribution is -0.116. The molecule has 1 saturated heterocycles. The molecular weight excluding hydrogens is 439 g/mol. The first-order valence-electron chi connectivity index (χ1n) is 10.3. The van der Waals surface area contributed by atoms with E-state index >= 15 is 0 Å². The first-order chi connectivity index (χ1) is 15.0. The molecule has 0 spiro atoms. The van der Waals surface area contributed by atoms with Crippen molar-refractivity contribution in [3.05, 3.63) is 58.1 Å². The summed E-state index contributed by atoms with van der Waals surface area (Å²) in [4.78, 5) is 27.0. The van der Waals surface area contributed by atoms with Gasteiger partial charge in [-0.3, -0.25) is 9.59 Å². The minimum atomic E-state index is -0.331. The highest BCUT2D eigenvalue weighted by molar-refractivity contribution is 6.36. The number of nitrogens with zero attached hydrogens (tertiary/aromatic N) is 1. The zero-order valence-corrected chi connectivity index (χ0v) is 18.9. The van der Waals surface area contributed by atoms with Crippen molar-refractivity contribution >= 4 is 40.7 Å². The molecule has 1 atom stereocenters. The van der Waals surface area contributed by atoms with Crippen molar-refractivity contribution in [2.24, 2.45) is 0 Å². The van der Waals surface area contributed by atoms with Gasteiger partial charge in [-0.25, -0.2) is 0 Å². The lowest BCUT2D eigenvalue weighted by Gasteiger charge is -2.22. The molecule has 31 heavy (non-hydrogen) atoms. The zero-order chi connectivity index (χ0) is 22.2. The van der Waals surface area contributed by atoms with Crippen molar-refractivity contribution in [2.75, 3.05) is 31.6 Å². The molecule has 0 radical (unpaired) electrons. The highest BCUT2D eigenvalue weighted by atomic mass is 35.5. The Morgan fingerprint density at radius 3 is 2.61 bits per heavy atom. The topological polar surface area (TPSA) is 67.9 Å². The molecule has 1 heterocycles. The van der Waals surface area contributed by atoms with Gasteiger partial charge in [0, 0.05) is 23.7 Å². The molecule has 0 aliphatic carbocycles. The minimum absolute atomic E-state index is 0.0805. The molecule has 3 rings (SSSR count). The molecule has 1 aliphatic heterocycles. The fourth-order valence-electron chi connectivity index (χ4n) is 3.32. The van der Waals surface area contributed by atoms with Gasteiger partial charge in [-0.2, -0.15) is 0 Å². The third kappa shape index (κ3) is 6.86. The first kappa shape index (κ1) is 23.4. The van der Waals surface area contributed by atoms with E-state index in [0.29, 0.717) is 40.2 Å². The number of nitrogens with one attached hydrogen (secondary N) is 1. The van der Waals surface area contributed by atoms with Crippen LogP contribution in [-0.4, -0.2) is 49.1 Å². The molecule has 0 bridgehead atoms. The number of ether oxygens (including phenoxy) is 2. The lowest BCUT2D eigenvalue weighted by atomic mass is 10.2. The quantitative estimate of drug-likeness (QED) is 0.564. The van der Waals surface area contributed by atoms with Crippen LogP contribution in [0.15, 0.2) is 42.5 Å². The van der Waals surface area contributed by atoms with Gasteiger partial charge in [0.25, 0.3) is 5.91 Å². The van der Waals surface area contributed by atoms with Crippen LogP contribution in [0.1, 0.15) is 36.5 Å². The number of halogens is 2. The van der Waals surface area contributed by atoms with E-state index in [0.717, 1.165) is 25.9 Å². The molecule has 1 N–H and O–H groups in total. The van der Waals surface area contributed by atoms with E-state index in [4.69, 9.17) is 32.7 Å². The molecule has 1 fully saturated rings. The second kappa shape index (κ2) is 11.4. The molecule has 2 amide bonds. The summed E-state index contributed by atoms with van der Waals surface area (Å²) in [6.07, 6.45) is 2.93. The summed E-state index contributed by atoms with van der Waals surface area (Å²) in [6, 6.07) is 11.8. The fourth-order valence-corrected chi connectivity index (χ4v) is 3.77. The van der Waals surface area contributed by atoms with Crippen LogP contribution < -0.4 is 10.1 Å². The van der Waals surface area contributed by atoms with Crippen molar-refractivity contribution in [1.29, 1.82) is 0 Å². The number of carbonyl (C=O) groups is 2. The third-order valence-electron chi connectivity index (χ3n) is 4.88. The Morgan fingerprint density at radius 2 is 1.97 bits per heavy atom. The number of amides is 2. The molecule has 8 heteroatoms. The van der Waals surface area contributed by atoms with Crippen molar-refractivity contribution < 1.29 is 19.1 Å². The number of carbonyl (C=O) groups excluding carboxylic acids is 2. The van der Waals surface area contributed by atoms with E-state index in [-0.39, 0.29) is 24.5 Å². The number of rotatable bonds is 9. The Morgan fingerprint density at radius 1 is 1.19 bits per heavy atom. The van der Waals surface area contributed by atoms with Crippen molar-refractivity contribution in [1.82, 2.24) is 4.90 Å². The predicted octanol–water partition coefficient (Wildman–Crippen LogP) is 5.04. The average molecular weight is 465 g/mol. The van der Waals surface area contributed by atoms with Gasteiger partial charge in [-0.05, 0) is 61.7 Å². The largest absolute Gasteiger partial charge is 0.491 e. The van der Waals surface area contributed by atoms with Gasteiger partial charge in [0.1, 0.15) is 18.9 Å². The van der Waals surface area contributed by atoms with E-state index < -0.39 is 0 Å². The Hall–Kier alpha value is -2.28. The molecule has 0 saturated carbocycles. The summed E-state index contributed by atoms with van der Waals surface area (Å²) in [5.41, 5.74) is 0.947. The van der Waals surface area contributed by atoms with Crippen LogP contribution in [0.4, 0.5) is 5.69 Å². The normalized spacial score (nSPS) is 15.5. The second-order valence-electron chi connectivity index (χ2n) is 7.37. The van der Waals surface area contributed by atoms with Gasteiger partial charge >= 0.3 is 0 Å². The van der Waals surface area contributed by atoms with E-state index in [9.17, 15) is 9.59 Å². The van der Waals surface area contributed by atoms with Crippen molar-refractivity contribution in [3.63, 3.8) is 0 Å². The molecule has 1 aliphatic rings. The number of anilines is 1. The summed E-state index contributed by atoms with van der Waals surface area (Å²) in [7, 11) is 0. The monoisotopic (exact) mass is 464 g/mol. The predicted molar refractivity (Wildman–Crippen MR) is 122 cm³/mol. The Kier molecular flexibility index (Phi) is 8.58. The standard InChI is InChI=1S/C23H26Cl2N2O4/c1-2-11-27(14-22(28)26-21-10-7-17(24)13-20(21)25)23(29)16-5-8-18(9-6-16)31-15-19-4-3-12-30-19/h5-10,13,19H,2-4,11-12,14-15H2,1H3,(H,26,28). The highest BCUT2D eigenvalue weighted by Gasteiger charge is 2.20. The molecule has 2 aromatic rings. The maximum absolute atomic E-state index is 13.0. The van der Waals surface area contributed by atoms with Crippen LogP contribution >= 0.6 is 23.2 Å². The minimum Gasteiger partial charge on any atom is -0.491 e. The summed E-state index contributed by atoms with van der Waals surface area (Å²) in [6.45, 7) is 3.62. The number of hydrogen-bond acceptors (Lipinski definition) is 4. The summed E-state index contributed by atoms with van der Waals surface area (Å²) < 4.78 is 11.3. The van der Waals surface area contributed by atoms with Gasteiger partial charge in [0.15, 0.2) is 0 Å². The van der Waals surface area contributed by atoms with Crippen molar-refractivity contribution in [3.8, 4) is 5.75 Å². The maximum Gasteiger partial charge on any atom is 0.254 e. The van der Waals surface area contributed by atoms with E-state index in [1.807, 2.05) is 6.92 Å². The molecular formula is C23H26Cl2N2O4. The van der Waals surface area contributed by atoms with E-state index in [1.165, 1.54) is 4.90 Å². The number of hydrogen-bond donors (Lipinski definition) is 1. The Bertz CT molecular complexity index is 899. The van der Waals surface area contributed by atoms with Crippen LogP contribution in [0.5, 0.6) is 5.75 Å².